The number of ether oxygens (including phenoxy) is 3. The van der Waals surface area contributed by atoms with Crippen LogP contribution in [0.25, 0.3) is 0 Å². The predicted octanol–water partition coefficient (Wildman–Crippen LogP) is 5.08. The summed E-state index contributed by atoms with van der Waals surface area (Å²) in [5, 5.41) is 3.24. The van der Waals surface area contributed by atoms with Crippen molar-refractivity contribution in [2.24, 2.45) is 0 Å². The SMILES string of the molecule is O=C(Nc1cc2c(cc1Cl)OCCO2)c1ccc(OC2CCCCC2)cc1. The van der Waals surface area contributed by atoms with Crippen LogP contribution in [-0.2, 0) is 0 Å². The van der Waals surface area contributed by atoms with E-state index in [0.29, 0.717) is 41.0 Å². The first-order chi connectivity index (χ1) is 13.2. The van der Waals surface area contributed by atoms with Crippen LogP contribution in [-0.4, -0.2) is 25.2 Å². The molecule has 1 heterocycles. The Bertz CT molecular complexity index is 816. The molecule has 1 aliphatic heterocycles. The van der Waals surface area contributed by atoms with Crippen molar-refractivity contribution in [2.45, 2.75) is 38.2 Å². The molecule has 6 heteroatoms. The molecule has 0 spiro atoms. The highest BCUT2D eigenvalue weighted by Gasteiger charge is 2.18. The summed E-state index contributed by atoms with van der Waals surface area (Å²) in [6.07, 6.45) is 6.23. The van der Waals surface area contributed by atoms with Gasteiger partial charge in [0.1, 0.15) is 19.0 Å². The third-order valence-corrected chi connectivity index (χ3v) is 5.16. The number of nitrogens with one attached hydrogen (secondary N) is 1. The van der Waals surface area contributed by atoms with Crippen LogP contribution in [0.1, 0.15) is 42.5 Å². The van der Waals surface area contributed by atoms with Crippen molar-refractivity contribution in [1.82, 2.24) is 0 Å². The van der Waals surface area contributed by atoms with Gasteiger partial charge in [-0.15, -0.1) is 0 Å². The number of hydrogen-bond acceptors (Lipinski definition) is 4. The Morgan fingerprint density at radius 3 is 2.37 bits per heavy atom. The maximum Gasteiger partial charge on any atom is 0.255 e. The number of fused-ring (bicyclic) bond motifs is 1. The molecule has 0 saturated heterocycles. The van der Waals surface area contributed by atoms with Gasteiger partial charge >= 0.3 is 0 Å². The fourth-order valence-corrected chi connectivity index (χ4v) is 3.62. The Hall–Kier alpha value is -2.40. The molecule has 0 atom stereocenters. The maximum absolute atomic E-state index is 12.6. The normalized spacial score (nSPS) is 16.6. The van der Waals surface area contributed by atoms with Crippen LogP contribution in [0.2, 0.25) is 5.02 Å². The number of rotatable bonds is 4. The monoisotopic (exact) mass is 387 g/mol. The summed E-state index contributed by atoms with van der Waals surface area (Å²) in [6, 6.07) is 10.6. The zero-order chi connectivity index (χ0) is 18.6. The Labute approximate surface area is 163 Å². The van der Waals surface area contributed by atoms with E-state index < -0.39 is 0 Å². The first kappa shape index (κ1) is 18.0. The molecule has 1 amide bonds. The average Bonchev–Trinajstić information content (AvgIpc) is 2.70. The molecule has 0 radical (unpaired) electrons. The largest absolute Gasteiger partial charge is 0.490 e. The second-order valence-electron chi connectivity index (χ2n) is 6.83. The van der Waals surface area contributed by atoms with Crippen LogP contribution in [0, 0.1) is 0 Å². The smallest absolute Gasteiger partial charge is 0.255 e. The highest BCUT2D eigenvalue weighted by atomic mass is 35.5. The number of hydrogen-bond donors (Lipinski definition) is 1. The van der Waals surface area contributed by atoms with Crippen LogP contribution < -0.4 is 19.5 Å². The van der Waals surface area contributed by atoms with E-state index in [-0.39, 0.29) is 12.0 Å². The number of amides is 1. The number of halogens is 1. The van der Waals surface area contributed by atoms with Crippen LogP contribution >= 0.6 is 11.6 Å². The molecule has 1 aliphatic carbocycles. The fraction of sp³-hybridized carbons (Fsp3) is 0.381. The Balaban J connectivity index is 1.42. The zero-order valence-electron chi connectivity index (χ0n) is 15.0. The molecule has 0 aromatic heterocycles. The van der Waals surface area contributed by atoms with Crippen LogP contribution in [0.4, 0.5) is 5.69 Å². The van der Waals surface area contributed by atoms with E-state index in [9.17, 15) is 4.79 Å². The third-order valence-electron chi connectivity index (χ3n) is 4.85. The van der Waals surface area contributed by atoms with E-state index >= 15 is 0 Å². The molecular formula is C21H22ClNO4. The van der Waals surface area contributed by atoms with Gasteiger partial charge in [-0.2, -0.15) is 0 Å². The molecule has 1 fully saturated rings. The molecule has 2 aromatic rings. The lowest BCUT2D eigenvalue weighted by Crippen LogP contribution is -2.19. The van der Waals surface area contributed by atoms with Gasteiger partial charge in [-0.1, -0.05) is 18.0 Å². The van der Waals surface area contributed by atoms with Crippen molar-refractivity contribution >= 4 is 23.2 Å². The summed E-state index contributed by atoms with van der Waals surface area (Å²) in [5.74, 6) is 1.74. The van der Waals surface area contributed by atoms with Crippen LogP contribution in [0.5, 0.6) is 17.2 Å². The Kier molecular flexibility index (Phi) is 5.39. The molecule has 2 aromatic carbocycles. The lowest BCUT2D eigenvalue weighted by Gasteiger charge is -2.23. The summed E-state index contributed by atoms with van der Waals surface area (Å²) in [6.45, 7) is 0.967. The summed E-state index contributed by atoms with van der Waals surface area (Å²) < 4.78 is 17.0. The average molecular weight is 388 g/mol. The molecule has 1 saturated carbocycles. The molecule has 0 unspecified atom stereocenters. The van der Waals surface area contributed by atoms with E-state index in [1.165, 1.54) is 19.3 Å². The molecule has 27 heavy (non-hydrogen) atoms. The van der Waals surface area contributed by atoms with Crippen molar-refractivity contribution in [3.63, 3.8) is 0 Å². The van der Waals surface area contributed by atoms with Gasteiger partial charge in [0.05, 0.1) is 16.8 Å². The van der Waals surface area contributed by atoms with Gasteiger partial charge in [0.15, 0.2) is 11.5 Å². The topological polar surface area (TPSA) is 56.8 Å². The number of carbonyl (C=O) groups excluding carboxylic acids is 1. The summed E-state index contributed by atoms with van der Waals surface area (Å²) in [4.78, 5) is 12.6. The minimum atomic E-state index is -0.238. The standard InChI is InChI=1S/C21H22ClNO4/c22-17-12-19-20(26-11-10-25-19)13-18(17)23-21(24)14-6-8-16(9-7-14)27-15-4-2-1-3-5-15/h6-9,12-13,15H,1-5,10-11H2,(H,23,24). The third kappa shape index (κ3) is 4.30. The van der Waals surface area contributed by atoms with Gasteiger partial charge in [-0.25, -0.2) is 0 Å². The fourth-order valence-electron chi connectivity index (χ4n) is 3.41. The Morgan fingerprint density at radius 2 is 1.67 bits per heavy atom. The van der Waals surface area contributed by atoms with Crippen LogP contribution in [0.15, 0.2) is 36.4 Å². The van der Waals surface area contributed by atoms with E-state index in [0.717, 1.165) is 18.6 Å². The molecule has 142 valence electrons. The molecule has 1 N–H and O–H groups in total. The number of carbonyl (C=O) groups is 1. The second-order valence-corrected chi connectivity index (χ2v) is 7.24. The molecule has 5 nitrogen and oxygen atoms in total. The van der Waals surface area contributed by atoms with Crippen molar-refractivity contribution in [3.8, 4) is 17.2 Å². The van der Waals surface area contributed by atoms with E-state index in [2.05, 4.69) is 5.32 Å². The minimum Gasteiger partial charge on any atom is -0.490 e. The molecular weight excluding hydrogens is 366 g/mol. The van der Waals surface area contributed by atoms with Gasteiger partial charge in [0, 0.05) is 17.7 Å². The lowest BCUT2D eigenvalue weighted by atomic mass is 9.98. The minimum absolute atomic E-state index is 0.238. The Morgan fingerprint density at radius 1 is 1.00 bits per heavy atom. The lowest BCUT2D eigenvalue weighted by molar-refractivity contribution is 0.102. The van der Waals surface area contributed by atoms with Gasteiger partial charge in [0.2, 0.25) is 0 Å². The highest BCUT2D eigenvalue weighted by molar-refractivity contribution is 6.34. The van der Waals surface area contributed by atoms with Crippen molar-refractivity contribution in [2.75, 3.05) is 18.5 Å². The van der Waals surface area contributed by atoms with Gasteiger partial charge in [-0.05, 0) is 49.9 Å². The van der Waals surface area contributed by atoms with Gasteiger partial charge < -0.3 is 19.5 Å². The van der Waals surface area contributed by atoms with E-state index in [1.54, 1.807) is 24.3 Å². The van der Waals surface area contributed by atoms with Crippen LogP contribution in [0.3, 0.4) is 0 Å². The van der Waals surface area contributed by atoms with E-state index in [1.807, 2.05) is 12.1 Å². The zero-order valence-corrected chi connectivity index (χ0v) is 15.8. The number of benzene rings is 2. The first-order valence-electron chi connectivity index (χ1n) is 9.36. The first-order valence-corrected chi connectivity index (χ1v) is 9.74. The molecule has 0 bridgehead atoms. The molecule has 2 aliphatic rings. The highest BCUT2D eigenvalue weighted by Crippen LogP contribution is 2.38. The van der Waals surface area contributed by atoms with Crippen molar-refractivity contribution < 1.29 is 19.0 Å². The van der Waals surface area contributed by atoms with E-state index in [4.69, 9.17) is 25.8 Å². The summed E-state index contributed by atoms with van der Waals surface area (Å²) in [5.41, 5.74) is 1.03. The maximum atomic E-state index is 12.6. The van der Waals surface area contributed by atoms with Crippen molar-refractivity contribution in [3.05, 3.63) is 47.0 Å². The summed E-state index contributed by atoms with van der Waals surface area (Å²) in [7, 11) is 0. The van der Waals surface area contributed by atoms with Gasteiger partial charge in [0.25, 0.3) is 5.91 Å². The second kappa shape index (κ2) is 8.09. The predicted molar refractivity (Wildman–Crippen MR) is 104 cm³/mol. The van der Waals surface area contributed by atoms with Gasteiger partial charge in [-0.3, -0.25) is 4.79 Å². The quantitative estimate of drug-likeness (QED) is 0.795. The summed E-state index contributed by atoms with van der Waals surface area (Å²) >= 11 is 6.26. The molecule has 4 rings (SSSR count). The van der Waals surface area contributed by atoms with Crippen molar-refractivity contribution in [1.29, 1.82) is 0 Å². The number of anilines is 1.